The van der Waals surface area contributed by atoms with E-state index in [-0.39, 0.29) is 18.2 Å². The fraction of sp³-hybridized carbons (Fsp3) is 0.500. The largest absolute Gasteiger partial charge is 0.481 e. The van der Waals surface area contributed by atoms with E-state index in [0.717, 1.165) is 17.1 Å². The molecule has 5 heteroatoms. The Bertz CT molecular complexity index is 459. The summed E-state index contributed by atoms with van der Waals surface area (Å²) in [7, 11) is 0. The Morgan fingerprint density at radius 1 is 1.29 bits per heavy atom. The summed E-state index contributed by atoms with van der Waals surface area (Å²) in [6.07, 6.45) is 1.31. The van der Waals surface area contributed by atoms with Gasteiger partial charge in [0.2, 0.25) is 5.91 Å². The lowest BCUT2D eigenvalue weighted by Crippen LogP contribution is -2.30. The van der Waals surface area contributed by atoms with Crippen molar-refractivity contribution in [3.05, 3.63) is 29.8 Å². The van der Waals surface area contributed by atoms with Crippen LogP contribution in [0.1, 0.15) is 31.7 Å². The van der Waals surface area contributed by atoms with Gasteiger partial charge in [0.25, 0.3) is 0 Å². The van der Waals surface area contributed by atoms with E-state index in [1.807, 2.05) is 13.8 Å². The van der Waals surface area contributed by atoms with Gasteiger partial charge in [-0.3, -0.25) is 9.59 Å². The summed E-state index contributed by atoms with van der Waals surface area (Å²) in [6.45, 7) is 4.42. The summed E-state index contributed by atoms with van der Waals surface area (Å²) >= 11 is 1.65. The van der Waals surface area contributed by atoms with Gasteiger partial charge in [-0.2, -0.15) is 0 Å². The van der Waals surface area contributed by atoms with E-state index in [0.29, 0.717) is 13.0 Å². The second-order valence-electron chi connectivity index (χ2n) is 5.09. The lowest BCUT2D eigenvalue weighted by molar-refractivity contribution is -0.138. The van der Waals surface area contributed by atoms with Crippen LogP contribution in [0.2, 0.25) is 0 Å². The fourth-order valence-electron chi connectivity index (χ4n) is 1.85. The minimum Gasteiger partial charge on any atom is -0.481 e. The second kappa shape index (κ2) is 9.45. The number of thioether (sulfide) groups is 1. The van der Waals surface area contributed by atoms with Crippen LogP contribution in [0.15, 0.2) is 29.2 Å². The van der Waals surface area contributed by atoms with Crippen molar-refractivity contribution in [2.75, 3.05) is 12.3 Å². The number of hydrogen-bond donors (Lipinski definition) is 2. The molecule has 0 aliphatic carbocycles. The quantitative estimate of drug-likeness (QED) is 0.688. The summed E-state index contributed by atoms with van der Waals surface area (Å²) in [4.78, 5) is 23.5. The minimum atomic E-state index is -0.814. The zero-order valence-corrected chi connectivity index (χ0v) is 13.4. The molecule has 0 fully saturated rings. The first-order valence-electron chi connectivity index (χ1n) is 7.19. The Labute approximate surface area is 130 Å². The fourth-order valence-corrected chi connectivity index (χ4v) is 2.70. The zero-order valence-electron chi connectivity index (χ0n) is 12.6. The molecule has 0 bridgehead atoms. The first-order valence-corrected chi connectivity index (χ1v) is 8.17. The van der Waals surface area contributed by atoms with E-state index in [1.54, 1.807) is 11.8 Å². The molecule has 0 aliphatic heterocycles. The molecule has 0 heterocycles. The SMILES string of the molecule is CCC(CNC(=O)CCSc1ccc(C)cc1)CC(=O)O. The van der Waals surface area contributed by atoms with Crippen molar-refractivity contribution < 1.29 is 14.7 Å². The van der Waals surface area contributed by atoms with E-state index >= 15 is 0 Å². The molecule has 116 valence electrons. The normalized spacial score (nSPS) is 11.9. The van der Waals surface area contributed by atoms with Gasteiger partial charge in [0.15, 0.2) is 0 Å². The van der Waals surface area contributed by atoms with Crippen molar-refractivity contribution >= 4 is 23.6 Å². The topological polar surface area (TPSA) is 66.4 Å². The molecule has 1 atom stereocenters. The third-order valence-corrected chi connectivity index (χ3v) is 4.26. The van der Waals surface area contributed by atoms with Gasteiger partial charge in [0, 0.05) is 30.0 Å². The van der Waals surface area contributed by atoms with Gasteiger partial charge in [-0.05, 0) is 25.0 Å². The highest BCUT2D eigenvalue weighted by Crippen LogP contribution is 2.18. The van der Waals surface area contributed by atoms with Crippen LogP contribution < -0.4 is 5.32 Å². The number of amides is 1. The maximum Gasteiger partial charge on any atom is 0.303 e. The molecule has 0 saturated carbocycles. The third-order valence-electron chi connectivity index (χ3n) is 3.25. The minimum absolute atomic E-state index is 0.0104. The number of carboxylic acid groups (broad SMARTS) is 1. The van der Waals surface area contributed by atoms with Crippen molar-refractivity contribution in [1.29, 1.82) is 0 Å². The molecule has 0 aliphatic rings. The number of carbonyl (C=O) groups is 2. The molecule has 1 aromatic carbocycles. The Hall–Kier alpha value is -1.49. The lowest BCUT2D eigenvalue weighted by atomic mass is 10.0. The van der Waals surface area contributed by atoms with Crippen molar-refractivity contribution in [1.82, 2.24) is 5.32 Å². The number of hydrogen-bond acceptors (Lipinski definition) is 3. The average Bonchev–Trinajstić information content (AvgIpc) is 2.45. The van der Waals surface area contributed by atoms with Crippen molar-refractivity contribution in [2.45, 2.75) is 38.0 Å². The van der Waals surface area contributed by atoms with Crippen LogP contribution in [0, 0.1) is 12.8 Å². The molecule has 4 nitrogen and oxygen atoms in total. The molecule has 21 heavy (non-hydrogen) atoms. The van der Waals surface area contributed by atoms with Crippen LogP contribution in [0.3, 0.4) is 0 Å². The van der Waals surface area contributed by atoms with Crippen LogP contribution in [0.5, 0.6) is 0 Å². The van der Waals surface area contributed by atoms with E-state index < -0.39 is 5.97 Å². The standard InChI is InChI=1S/C16H23NO3S/c1-3-13(10-16(19)20)11-17-15(18)8-9-21-14-6-4-12(2)5-7-14/h4-7,13H,3,8-11H2,1-2H3,(H,17,18)(H,19,20). The first kappa shape index (κ1) is 17.6. The molecule has 1 aromatic rings. The van der Waals surface area contributed by atoms with Gasteiger partial charge in [-0.15, -0.1) is 11.8 Å². The highest BCUT2D eigenvalue weighted by atomic mass is 32.2. The molecule has 2 N–H and O–H groups in total. The number of aliphatic carboxylic acids is 1. The van der Waals surface area contributed by atoms with Crippen LogP contribution in [-0.2, 0) is 9.59 Å². The molecule has 1 unspecified atom stereocenters. The maximum absolute atomic E-state index is 11.7. The van der Waals surface area contributed by atoms with Gasteiger partial charge in [-0.25, -0.2) is 0 Å². The molecule has 1 rings (SSSR count). The van der Waals surface area contributed by atoms with Gasteiger partial charge in [0.1, 0.15) is 0 Å². The number of carboxylic acids is 1. The van der Waals surface area contributed by atoms with E-state index in [2.05, 4.69) is 29.6 Å². The van der Waals surface area contributed by atoms with Gasteiger partial charge in [0.05, 0.1) is 0 Å². The average molecular weight is 309 g/mol. The monoisotopic (exact) mass is 309 g/mol. The summed E-state index contributed by atoms with van der Waals surface area (Å²) in [5, 5.41) is 11.6. The molecule has 0 saturated heterocycles. The Balaban J connectivity index is 2.21. The third kappa shape index (κ3) is 7.75. The Morgan fingerprint density at radius 2 is 1.95 bits per heavy atom. The Kier molecular flexibility index (Phi) is 7.90. The van der Waals surface area contributed by atoms with Crippen molar-refractivity contribution in [2.24, 2.45) is 5.92 Å². The van der Waals surface area contributed by atoms with Gasteiger partial charge < -0.3 is 10.4 Å². The molecular formula is C16H23NO3S. The van der Waals surface area contributed by atoms with Crippen molar-refractivity contribution in [3.63, 3.8) is 0 Å². The number of carbonyl (C=O) groups excluding carboxylic acids is 1. The number of benzene rings is 1. The number of aryl methyl sites for hydroxylation is 1. The predicted molar refractivity (Wildman–Crippen MR) is 85.6 cm³/mol. The van der Waals surface area contributed by atoms with E-state index in [4.69, 9.17) is 5.11 Å². The van der Waals surface area contributed by atoms with Gasteiger partial charge >= 0.3 is 5.97 Å². The summed E-state index contributed by atoms with van der Waals surface area (Å²) in [5.74, 6) is -0.0920. The molecule has 0 aromatic heterocycles. The lowest BCUT2D eigenvalue weighted by Gasteiger charge is -2.13. The predicted octanol–water partition coefficient (Wildman–Crippen LogP) is 3.09. The number of nitrogens with one attached hydrogen (secondary N) is 1. The summed E-state index contributed by atoms with van der Waals surface area (Å²) in [5.41, 5.74) is 1.22. The second-order valence-corrected chi connectivity index (χ2v) is 6.26. The maximum atomic E-state index is 11.7. The first-order chi connectivity index (χ1) is 10.0. The van der Waals surface area contributed by atoms with Crippen LogP contribution in [-0.4, -0.2) is 29.3 Å². The molecule has 0 radical (unpaired) electrons. The molecular weight excluding hydrogens is 286 g/mol. The van der Waals surface area contributed by atoms with E-state index in [1.165, 1.54) is 5.56 Å². The zero-order chi connectivity index (χ0) is 15.7. The Morgan fingerprint density at radius 3 is 2.52 bits per heavy atom. The van der Waals surface area contributed by atoms with Gasteiger partial charge in [-0.1, -0.05) is 31.0 Å². The number of rotatable bonds is 9. The van der Waals surface area contributed by atoms with Crippen LogP contribution >= 0.6 is 11.8 Å². The van der Waals surface area contributed by atoms with E-state index in [9.17, 15) is 9.59 Å². The summed E-state index contributed by atoms with van der Waals surface area (Å²) in [6, 6.07) is 8.22. The van der Waals surface area contributed by atoms with Crippen molar-refractivity contribution in [3.8, 4) is 0 Å². The highest BCUT2D eigenvalue weighted by Gasteiger charge is 2.12. The van der Waals surface area contributed by atoms with Crippen LogP contribution in [0.25, 0.3) is 0 Å². The molecule has 0 spiro atoms. The molecule has 1 amide bonds. The highest BCUT2D eigenvalue weighted by molar-refractivity contribution is 7.99. The summed E-state index contributed by atoms with van der Waals surface area (Å²) < 4.78 is 0. The smallest absolute Gasteiger partial charge is 0.303 e. The van der Waals surface area contributed by atoms with Crippen LogP contribution in [0.4, 0.5) is 0 Å².